The fraction of sp³-hybridized carbons (Fsp3) is 0.200. The van der Waals surface area contributed by atoms with Crippen molar-refractivity contribution in [1.29, 1.82) is 0 Å². The first kappa shape index (κ1) is 16.2. The molecule has 1 aromatic heterocycles. The Morgan fingerprint density at radius 3 is 2.77 bits per heavy atom. The van der Waals surface area contributed by atoms with Gasteiger partial charge in [-0.05, 0) is 50.6 Å². The quantitative estimate of drug-likeness (QED) is 0.731. The minimum absolute atomic E-state index is 0.218. The van der Waals surface area contributed by atoms with Crippen molar-refractivity contribution < 1.29 is 18.7 Å². The predicted octanol–water partition coefficient (Wildman–Crippen LogP) is 4.02. The molecule has 1 aliphatic rings. The fourth-order valence-electron chi connectivity index (χ4n) is 3.02. The summed E-state index contributed by atoms with van der Waals surface area (Å²) >= 11 is 0. The van der Waals surface area contributed by atoms with Crippen molar-refractivity contribution >= 4 is 34.2 Å². The number of ether oxygens (including phenoxy) is 1. The fourth-order valence-corrected chi connectivity index (χ4v) is 3.02. The van der Waals surface area contributed by atoms with E-state index < -0.39 is 6.10 Å². The van der Waals surface area contributed by atoms with Crippen molar-refractivity contribution in [3.8, 4) is 5.75 Å². The van der Waals surface area contributed by atoms with Gasteiger partial charge in [0, 0.05) is 16.6 Å². The van der Waals surface area contributed by atoms with Gasteiger partial charge in [-0.1, -0.05) is 12.1 Å². The second-order valence-corrected chi connectivity index (χ2v) is 6.47. The monoisotopic (exact) mass is 350 g/mol. The number of hydrogen-bond acceptors (Lipinski definition) is 4. The Morgan fingerprint density at radius 2 is 1.96 bits per heavy atom. The first-order chi connectivity index (χ1) is 12.4. The molecule has 0 bridgehead atoms. The highest BCUT2D eigenvalue weighted by Gasteiger charge is 2.24. The summed E-state index contributed by atoms with van der Waals surface area (Å²) < 4.78 is 11.3. The molecule has 0 saturated carbocycles. The molecule has 4 rings (SSSR count). The molecule has 2 amide bonds. The highest BCUT2D eigenvalue weighted by atomic mass is 16.5. The Hall–Kier alpha value is -3.28. The largest absolute Gasteiger partial charge is 0.479 e. The Kier molecular flexibility index (Phi) is 3.68. The summed E-state index contributed by atoms with van der Waals surface area (Å²) in [6.45, 7) is 5.51. The summed E-state index contributed by atoms with van der Waals surface area (Å²) in [6.07, 6.45) is -0.537. The second-order valence-electron chi connectivity index (χ2n) is 6.47. The van der Waals surface area contributed by atoms with Crippen LogP contribution in [0.3, 0.4) is 0 Å². The summed E-state index contributed by atoms with van der Waals surface area (Å²) in [5.41, 5.74) is 3.62. The van der Waals surface area contributed by atoms with Crippen molar-refractivity contribution in [2.24, 2.45) is 0 Å². The van der Waals surface area contributed by atoms with Crippen LogP contribution in [-0.4, -0.2) is 17.9 Å². The lowest BCUT2D eigenvalue weighted by atomic mass is 10.1. The van der Waals surface area contributed by atoms with E-state index in [2.05, 4.69) is 10.6 Å². The molecule has 0 radical (unpaired) electrons. The third kappa shape index (κ3) is 2.69. The summed E-state index contributed by atoms with van der Waals surface area (Å²) in [7, 11) is 0. The highest BCUT2D eigenvalue weighted by Crippen LogP contribution is 2.33. The van der Waals surface area contributed by atoms with Crippen LogP contribution in [-0.2, 0) is 4.79 Å². The third-order valence-corrected chi connectivity index (χ3v) is 4.47. The van der Waals surface area contributed by atoms with Crippen LogP contribution in [0.5, 0.6) is 5.75 Å². The van der Waals surface area contributed by atoms with Crippen molar-refractivity contribution in [2.75, 3.05) is 10.6 Å². The summed E-state index contributed by atoms with van der Waals surface area (Å²) in [4.78, 5) is 24.4. The van der Waals surface area contributed by atoms with E-state index in [0.29, 0.717) is 22.7 Å². The number of carbonyl (C=O) groups excluding carboxylic acids is 2. The van der Waals surface area contributed by atoms with Gasteiger partial charge in [-0.2, -0.15) is 0 Å². The van der Waals surface area contributed by atoms with E-state index >= 15 is 0 Å². The van der Waals surface area contributed by atoms with Crippen LogP contribution >= 0.6 is 0 Å². The van der Waals surface area contributed by atoms with Crippen LogP contribution in [0.1, 0.15) is 28.6 Å². The average Bonchev–Trinajstić information content (AvgIpc) is 2.92. The second kappa shape index (κ2) is 5.91. The molecule has 0 fully saturated rings. The summed E-state index contributed by atoms with van der Waals surface area (Å²) in [5.74, 6) is 0.292. The molecule has 6 nitrogen and oxygen atoms in total. The van der Waals surface area contributed by atoms with Gasteiger partial charge in [0.2, 0.25) is 0 Å². The number of furan rings is 1. The standard InChI is InChI=1S/C20H18N2O4/c1-10-4-6-14-11(2)18(26-17(14)8-10)20(24)21-13-5-7-16-15(9-13)22-19(23)12(3)25-16/h4-9,12H,1-3H3,(H,21,24)(H,22,23)/t12-/m0/s1. The molecule has 132 valence electrons. The molecule has 2 heterocycles. The van der Waals surface area contributed by atoms with Gasteiger partial charge in [0.1, 0.15) is 11.3 Å². The molecule has 3 aromatic rings. The van der Waals surface area contributed by atoms with Gasteiger partial charge in [-0.25, -0.2) is 0 Å². The SMILES string of the molecule is Cc1ccc2c(C)c(C(=O)Nc3ccc4c(c3)NC(=O)[C@H](C)O4)oc2c1. The van der Waals surface area contributed by atoms with Crippen molar-refractivity contribution in [2.45, 2.75) is 26.9 Å². The number of benzene rings is 2. The number of hydrogen-bond donors (Lipinski definition) is 2. The van der Waals surface area contributed by atoms with Gasteiger partial charge in [0.25, 0.3) is 11.8 Å². The molecule has 1 aliphatic heterocycles. The predicted molar refractivity (Wildman–Crippen MR) is 98.8 cm³/mol. The third-order valence-electron chi connectivity index (χ3n) is 4.47. The van der Waals surface area contributed by atoms with E-state index in [9.17, 15) is 9.59 Å². The zero-order valence-corrected chi connectivity index (χ0v) is 14.7. The summed E-state index contributed by atoms with van der Waals surface area (Å²) in [6, 6.07) is 11.0. The minimum atomic E-state index is -0.537. The molecule has 0 saturated heterocycles. The highest BCUT2D eigenvalue weighted by molar-refractivity contribution is 6.07. The zero-order chi connectivity index (χ0) is 18.4. The number of anilines is 2. The minimum Gasteiger partial charge on any atom is -0.479 e. The van der Waals surface area contributed by atoms with E-state index in [1.54, 1.807) is 25.1 Å². The number of rotatable bonds is 2. The smallest absolute Gasteiger partial charge is 0.291 e. The van der Waals surface area contributed by atoms with Gasteiger partial charge < -0.3 is 19.8 Å². The lowest BCUT2D eigenvalue weighted by Gasteiger charge is -2.23. The molecular weight excluding hydrogens is 332 g/mol. The Labute approximate surface area is 150 Å². The molecular formula is C20H18N2O4. The maximum absolute atomic E-state index is 12.7. The molecule has 0 aliphatic carbocycles. The molecule has 2 N–H and O–H groups in total. The van der Waals surface area contributed by atoms with Gasteiger partial charge in [-0.15, -0.1) is 0 Å². The number of amides is 2. The van der Waals surface area contributed by atoms with Crippen LogP contribution in [0.25, 0.3) is 11.0 Å². The molecule has 0 unspecified atom stereocenters. The van der Waals surface area contributed by atoms with E-state index in [-0.39, 0.29) is 17.6 Å². The molecule has 1 atom stereocenters. The average molecular weight is 350 g/mol. The molecule has 26 heavy (non-hydrogen) atoms. The Bertz CT molecular complexity index is 1050. The number of carbonyl (C=O) groups is 2. The van der Waals surface area contributed by atoms with Crippen LogP contribution in [0.15, 0.2) is 40.8 Å². The maximum atomic E-state index is 12.7. The van der Waals surface area contributed by atoms with Gasteiger partial charge in [0.15, 0.2) is 11.9 Å². The first-order valence-electron chi connectivity index (χ1n) is 8.35. The van der Waals surface area contributed by atoms with E-state index in [1.807, 2.05) is 32.0 Å². The van der Waals surface area contributed by atoms with Crippen LogP contribution in [0, 0.1) is 13.8 Å². The van der Waals surface area contributed by atoms with Crippen molar-refractivity contribution in [3.63, 3.8) is 0 Å². The number of aryl methyl sites for hydroxylation is 2. The normalized spacial score (nSPS) is 16.0. The van der Waals surface area contributed by atoms with Crippen molar-refractivity contribution in [1.82, 2.24) is 0 Å². The van der Waals surface area contributed by atoms with Crippen LogP contribution < -0.4 is 15.4 Å². The maximum Gasteiger partial charge on any atom is 0.291 e. The van der Waals surface area contributed by atoms with Crippen LogP contribution in [0.2, 0.25) is 0 Å². The lowest BCUT2D eigenvalue weighted by molar-refractivity contribution is -0.122. The molecule has 2 aromatic carbocycles. The van der Waals surface area contributed by atoms with Gasteiger partial charge in [-0.3, -0.25) is 9.59 Å². The van der Waals surface area contributed by atoms with Gasteiger partial charge >= 0.3 is 0 Å². The van der Waals surface area contributed by atoms with E-state index in [4.69, 9.17) is 9.15 Å². The van der Waals surface area contributed by atoms with E-state index in [0.717, 1.165) is 16.5 Å². The van der Waals surface area contributed by atoms with Crippen molar-refractivity contribution in [3.05, 3.63) is 53.3 Å². The summed E-state index contributed by atoms with van der Waals surface area (Å²) in [5, 5.41) is 6.49. The van der Waals surface area contributed by atoms with E-state index in [1.165, 1.54) is 0 Å². The topological polar surface area (TPSA) is 80.6 Å². The molecule has 6 heteroatoms. The first-order valence-corrected chi connectivity index (χ1v) is 8.35. The zero-order valence-electron chi connectivity index (χ0n) is 14.7. The Balaban J connectivity index is 1.62. The lowest BCUT2D eigenvalue weighted by Crippen LogP contribution is -2.34. The number of nitrogens with one attached hydrogen (secondary N) is 2. The van der Waals surface area contributed by atoms with Gasteiger partial charge in [0.05, 0.1) is 5.69 Å². The number of fused-ring (bicyclic) bond motifs is 2. The van der Waals surface area contributed by atoms with Crippen LogP contribution in [0.4, 0.5) is 11.4 Å². The Morgan fingerprint density at radius 1 is 1.15 bits per heavy atom. The molecule has 0 spiro atoms.